The van der Waals surface area contributed by atoms with Gasteiger partial charge in [-0.05, 0) is 28.9 Å². The van der Waals surface area contributed by atoms with Gasteiger partial charge in [-0.3, -0.25) is 0 Å². The summed E-state index contributed by atoms with van der Waals surface area (Å²) < 4.78 is 5.45. The van der Waals surface area contributed by atoms with Crippen molar-refractivity contribution in [3.8, 4) is 5.75 Å². The predicted molar refractivity (Wildman–Crippen MR) is 81.9 cm³/mol. The summed E-state index contributed by atoms with van der Waals surface area (Å²) in [6.45, 7) is 4.59. The number of ether oxygens (including phenoxy) is 1. The van der Waals surface area contributed by atoms with E-state index in [2.05, 4.69) is 66.2 Å². The zero-order valence-electron chi connectivity index (χ0n) is 11.2. The summed E-state index contributed by atoms with van der Waals surface area (Å²) in [5.74, 6) is 0.948. The number of benzene rings is 2. The monoisotopic (exact) mass is 306 g/mol. The molecule has 0 bridgehead atoms. The van der Waals surface area contributed by atoms with Crippen LogP contribution in [-0.4, -0.2) is 12.4 Å². The maximum Gasteiger partial charge on any atom is 0.126 e. The van der Waals surface area contributed by atoms with Gasteiger partial charge in [-0.2, -0.15) is 0 Å². The van der Waals surface area contributed by atoms with E-state index < -0.39 is 0 Å². The Labute approximate surface area is 117 Å². The molecule has 0 heterocycles. The maximum atomic E-state index is 5.45. The molecule has 1 nitrogen and oxygen atoms in total. The van der Waals surface area contributed by atoms with E-state index in [-0.39, 0.29) is 5.41 Å². The minimum absolute atomic E-state index is 0.162. The van der Waals surface area contributed by atoms with Crippen molar-refractivity contribution in [2.24, 2.45) is 0 Å². The fourth-order valence-corrected chi connectivity index (χ4v) is 3.40. The van der Waals surface area contributed by atoms with Gasteiger partial charge in [0.1, 0.15) is 5.75 Å². The SMILES string of the molecule is COc1ccc(C(C)(C)CCBr)c2ccccc12. The Hall–Kier alpha value is -1.02. The Morgan fingerprint density at radius 2 is 1.72 bits per heavy atom. The highest BCUT2D eigenvalue weighted by Gasteiger charge is 2.22. The molecule has 0 spiro atoms. The van der Waals surface area contributed by atoms with Crippen molar-refractivity contribution < 1.29 is 4.74 Å². The number of methoxy groups -OCH3 is 1. The fourth-order valence-electron chi connectivity index (χ4n) is 2.41. The minimum Gasteiger partial charge on any atom is -0.496 e. The molecule has 0 N–H and O–H groups in total. The number of hydrogen-bond donors (Lipinski definition) is 0. The Balaban J connectivity index is 2.66. The van der Waals surface area contributed by atoms with E-state index in [0.29, 0.717) is 0 Å². The van der Waals surface area contributed by atoms with E-state index in [9.17, 15) is 0 Å². The standard InChI is InChI=1S/C16H19BrO/c1-16(2,10-11-17)14-8-9-15(18-3)13-7-5-4-6-12(13)14/h4-9H,10-11H2,1-3H3. The number of hydrogen-bond acceptors (Lipinski definition) is 1. The second-order valence-corrected chi connectivity index (χ2v) is 5.98. The summed E-state index contributed by atoms with van der Waals surface area (Å²) in [6, 6.07) is 12.7. The Morgan fingerprint density at radius 3 is 2.33 bits per heavy atom. The van der Waals surface area contributed by atoms with Crippen LogP contribution in [0.4, 0.5) is 0 Å². The molecule has 0 aliphatic carbocycles. The number of rotatable bonds is 4. The lowest BCUT2D eigenvalue weighted by atomic mass is 9.79. The molecule has 0 fully saturated rings. The molecule has 2 aromatic carbocycles. The van der Waals surface area contributed by atoms with Crippen LogP contribution in [0.25, 0.3) is 10.8 Å². The van der Waals surface area contributed by atoms with Crippen molar-refractivity contribution in [2.45, 2.75) is 25.7 Å². The summed E-state index contributed by atoms with van der Waals surface area (Å²) in [5.41, 5.74) is 1.55. The third-order valence-corrected chi connectivity index (χ3v) is 3.95. The molecule has 0 amide bonds. The topological polar surface area (TPSA) is 9.23 Å². The molecule has 0 unspecified atom stereocenters. The minimum atomic E-state index is 0.162. The van der Waals surface area contributed by atoms with E-state index >= 15 is 0 Å². The maximum absolute atomic E-state index is 5.45. The van der Waals surface area contributed by atoms with Gasteiger partial charge in [0.05, 0.1) is 7.11 Å². The van der Waals surface area contributed by atoms with Crippen LogP contribution in [-0.2, 0) is 5.41 Å². The summed E-state index contributed by atoms with van der Waals surface area (Å²) in [7, 11) is 1.73. The van der Waals surface area contributed by atoms with E-state index in [1.807, 2.05) is 0 Å². The molecular weight excluding hydrogens is 288 g/mol. The lowest BCUT2D eigenvalue weighted by Crippen LogP contribution is -2.18. The van der Waals surface area contributed by atoms with Crippen LogP contribution < -0.4 is 4.74 Å². The van der Waals surface area contributed by atoms with Crippen molar-refractivity contribution >= 4 is 26.7 Å². The Kier molecular flexibility index (Phi) is 3.96. The largest absolute Gasteiger partial charge is 0.496 e. The average Bonchev–Trinajstić information content (AvgIpc) is 2.37. The highest BCUT2D eigenvalue weighted by Crippen LogP contribution is 2.37. The Bertz CT molecular complexity index is 546. The van der Waals surface area contributed by atoms with Gasteiger partial charge >= 0.3 is 0 Å². The van der Waals surface area contributed by atoms with Gasteiger partial charge in [0.25, 0.3) is 0 Å². The van der Waals surface area contributed by atoms with Crippen LogP contribution in [0.5, 0.6) is 5.75 Å². The van der Waals surface area contributed by atoms with Gasteiger partial charge in [-0.15, -0.1) is 0 Å². The van der Waals surface area contributed by atoms with E-state index in [0.717, 1.165) is 17.5 Å². The molecule has 0 aliphatic heterocycles. The van der Waals surface area contributed by atoms with Crippen LogP contribution in [0.15, 0.2) is 36.4 Å². The zero-order valence-corrected chi connectivity index (χ0v) is 12.8. The molecule has 0 aliphatic rings. The first-order chi connectivity index (χ1) is 8.60. The van der Waals surface area contributed by atoms with Gasteiger partial charge < -0.3 is 4.74 Å². The molecule has 0 saturated carbocycles. The zero-order chi connectivity index (χ0) is 13.2. The molecule has 0 atom stereocenters. The third kappa shape index (κ3) is 2.39. The average molecular weight is 307 g/mol. The van der Waals surface area contributed by atoms with E-state index in [1.54, 1.807) is 7.11 Å². The molecule has 18 heavy (non-hydrogen) atoms. The number of alkyl halides is 1. The lowest BCUT2D eigenvalue weighted by molar-refractivity contribution is 0.419. The fraction of sp³-hybridized carbons (Fsp3) is 0.375. The highest BCUT2D eigenvalue weighted by molar-refractivity contribution is 9.09. The van der Waals surface area contributed by atoms with Crippen molar-refractivity contribution in [2.75, 3.05) is 12.4 Å². The summed E-state index contributed by atoms with van der Waals surface area (Å²) in [6.07, 6.45) is 1.11. The van der Waals surface area contributed by atoms with E-state index in [4.69, 9.17) is 4.74 Å². The third-order valence-electron chi connectivity index (χ3n) is 3.55. The molecular formula is C16H19BrO. The van der Waals surface area contributed by atoms with Crippen LogP contribution in [0, 0.1) is 0 Å². The molecule has 96 valence electrons. The van der Waals surface area contributed by atoms with Crippen molar-refractivity contribution in [3.63, 3.8) is 0 Å². The summed E-state index contributed by atoms with van der Waals surface area (Å²) >= 11 is 3.55. The van der Waals surface area contributed by atoms with Crippen molar-refractivity contribution in [3.05, 3.63) is 42.0 Å². The molecule has 0 aromatic heterocycles. The van der Waals surface area contributed by atoms with Crippen LogP contribution in [0.1, 0.15) is 25.8 Å². The van der Waals surface area contributed by atoms with Crippen LogP contribution in [0.3, 0.4) is 0 Å². The van der Waals surface area contributed by atoms with Crippen molar-refractivity contribution in [1.82, 2.24) is 0 Å². The van der Waals surface area contributed by atoms with Gasteiger partial charge in [-0.25, -0.2) is 0 Å². The normalized spacial score (nSPS) is 11.8. The lowest BCUT2D eigenvalue weighted by Gasteiger charge is -2.26. The molecule has 2 heteroatoms. The van der Waals surface area contributed by atoms with Gasteiger partial charge in [0, 0.05) is 10.7 Å². The summed E-state index contributed by atoms with van der Waals surface area (Å²) in [5, 5.41) is 3.50. The highest BCUT2D eigenvalue weighted by atomic mass is 79.9. The molecule has 0 saturated heterocycles. The molecule has 2 rings (SSSR count). The van der Waals surface area contributed by atoms with Crippen molar-refractivity contribution in [1.29, 1.82) is 0 Å². The van der Waals surface area contributed by atoms with Gasteiger partial charge in [0.15, 0.2) is 0 Å². The molecule has 0 radical (unpaired) electrons. The smallest absolute Gasteiger partial charge is 0.126 e. The van der Waals surface area contributed by atoms with Gasteiger partial charge in [-0.1, -0.05) is 60.1 Å². The first-order valence-corrected chi connectivity index (χ1v) is 7.34. The quantitative estimate of drug-likeness (QED) is 0.729. The summed E-state index contributed by atoms with van der Waals surface area (Å²) in [4.78, 5) is 0. The van der Waals surface area contributed by atoms with Crippen LogP contribution in [0.2, 0.25) is 0 Å². The second-order valence-electron chi connectivity index (χ2n) is 5.18. The predicted octanol–water partition coefficient (Wildman–Crippen LogP) is 4.91. The first kappa shape index (κ1) is 13.4. The van der Waals surface area contributed by atoms with E-state index in [1.165, 1.54) is 16.3 Å². The number of halogens is 1. The second kappa shape index (κ2) is 5.31. The number of fused-ring (bicyclic) bond motifs is 1. The molecule has 2 aromatic rings. The van der Waals surface area contributed by atoms with Crippen LogP contribution >= 0.6 is 15.9 Å². The van der Waals surface area contributed by atoms with Gasteiger partial charge in [0.2, 0.25) is 0 Å². The Morgan fingerprint density at radius 1 is 1.06 bits per heavy atom. The first-order valence-electron chi connectivity index (χ1n) is 6.22.